The van der Waals surface area contributed by atoms with Crippen LogP contribution in [0.15, 0.2) is 54.7 Å². The first-order chi connectivity index (χ1) is 13.4. The van der Waals surface area contributed by atoms with E-state index in [2.05, 4.69) is 9.97 Å². The molecule has 8 nitrogen and oxygen atoms in total. The minimum absolute atomic E-state index is 0.0350. The van der Waals surface area contributed by atoms with Crippen LogP contribution in [0.5, 0.6) is 5.75 Å². The number of nitrogens with zero attached hydrogens (tertiary/aromatic N) is 3. The highest BCUT2D eigenvalue weighted by atomic mass is 16.6. The zero-order valence-corrected chi connectivity index (χ0v) is 15.6. The van der Waals surface area contributed by atoms with Gasteiger partial charge in [-0.2, -0.15) is 0 Å². The summed E-state index contributed by atoms with van der Waals surface area (Å²) in [5.41, 5.74) is 1.96. The minimum Gasteiger partial charge on any atom is -0.492 e. The predicted octanol–water partition coefficient (Wildman–Crippen LogP) is 3.44. The Labute approximate surface area is 161 Å². The van der Waals surface area contributed by atoms with Gasteiger partial charge in [-0.05, 0) is 19.1 Å². The van der Waals surface area contributed by atoms with Gasteiger partial charge in [0.2, 0.25) is 0 Å². The SMILES string of the molecule is Cc1ccc(OCCN(C)C(=O)c2cnc(-c3cccc([N+](=O)[O-])c3)[nH]2)cc1. The van der Waals surface area contributed by atoms with Crippen LogP contribution < -0.4 is 4.74 Å². The van der Waals surface area contributed by atoms with Crippen molar-refractivity contribution in [1.29, 1.82) is 0 Å². The maximum absolute atomic E-state index is 12.5. The number of nitrogens with one attached hydrogen (secondary N) is 1. The van der Waals surface area contributed by atoms with Gasteiger partial charge in [0.15, 0.2) is 0 Å². The smallest absolute Gasteiger partial charge is 0.271 e. The number of amides is 1. The molecule has 144 valence electrons. The number of aromatic nitrogens is 2. The molecule has 0 bridgehead atoms. The number of non-ortho nitro benzene ring substituents is 1. The fraction of sp³-hybridized carbons (Fsp3) is 0.200. The van der Waals surface area contributed by atoms with Crippen LogP contribution in [0.4, 0.5) is 5.69 Å². The number of imidazole rings is 1. The third kappa shape index (κ3) is 4.53. The van der Waals surface area contributed by atoms with Crippen molar-refractivity contribution in [3.05, 3.63) is 76.1 Å². The lowest BCUT2D eigenvalue weighted by Crippen LogP contribution is -2.31. The number of carbonyl (C=O) groups is 1. The maximum atomic E-state index is 12.5. The zero-order valence-electron chi connectivity index (χ0n) is 15.6. The maximum Gasteiger partial charge on any atom is 0.271 e. The zero-order chi connectivity index (χ0) is 20.1. The van der Waals surface area contributed by atoms with Crippen LogP contribution in [0.2, 0.25) is 0 Å². The number of nitro groups is 1. The lowest BCUT2D eigenvalue weighted by Gasteiger charge is -2.16. The first kappa shape index (κ1) is 19.1. The first-order valence-corrected chi connectivity index (χ1v) is 8.69. The number of ether oxygens (including phenoxy) is 1. The van der Waals surface area contributed by atoms with Gasteiger partial charge >= 0.3 is 0 Å². The number of aromatic amines is 1. The van der Waals surface area contributed by atoms with Gasteiger partial charge in [-0.15, -0.1) is 0 Å². The first-order valence-electron chi connectivity index (χ1n) is 8.69. The van der Waals surface area contributed by atoms with Crippen molar-refractivity contribution >= 4 is 11.6 Å². The van der Waals surface area contributed by atoms with Crippen LogP contribution in [-0.4, -0.2) is 45.9 Å². The summed E-state index contributed by atoms with van der Waals surface area (Å²) in [6.45, 7) is 2.76. The van der Waals surface area contributed by atoms with Gasteiger partial charge in [0.1, 0.15) is 23.9 Å². The number of rotatable bonds is 7. The molecule has 8 heteroatoms. The van der Waals surface area contributed by atoms with Crippen LogP contribution in [0, 0.1) is 17.0 Å². The molecule has 0 fully saturated rings. The number of carbonyl (C=O) groups excluding carboxylic acids is 1. The Kier molecular flexibility index (Phi) is 5.69. The lowest BCUT2D eigenvalue weighted by molar-refractivity contribution is -0.384. The molecule has 0 aliphatic carbocycles. The Hall–Kier alpha value is -3.68. The summed E-state index contributed by atoms with van der Waals surface area (Å²) in [4.78, 5) is 31.6. The Morgan fingerprint density at radius 1 is 1.25 bits per heavy atom. The molecule has 1 heterocycles. The second-order valence-electron chi connectivity index (χ2n) is 6.34. The highest BCUT2D eigenvalue weighted by Gasteiger charge is 2.16. The van der Waals surface area contributed by atoms with Crippen molar-refractivity contribution in [3.8, 4) is 17.1 Å². The van der Waals surface area contributed by atoms with Crippen molar-refractivity contribution < 1.29 is 14.5 Å². The van der Waals surface area contributed by atoms with Crippen LogP contribution in [0.25, 0.3) is 11.4 Å². The molecule has 1 amide bonds. The third-order valence-corrected chi connectivity index (χ3v) is 4.20. The summed E-state index contributed by atoms with van der Waals surface area (Å²) < 4.78 is 5.64. The molecule has 2 aromatic carbocycles. The van der Waals surface area contributed by atoms with E-state index in [0.717, 1.165) is 11.3 Å². The fourth-order valence-electron chi connectivity index (χ4n) is 2.59. The molecule has 3 aromatic rings. The summed E-state index contributed by atoms with van der Waals surface area (Å²) in [6, 6.07) is 13.8. The molecule has 28 heavy (non-hydrogen) atoms. The molecule has 3 rings (SSSR count). The van der Waals surface area contributed by atoms with E-state index in [0.29, 0.717) is 30.2 Å². The molecule has 0 saturated heterocycles. The highest BCUT2D eigenvalue weighted by Crippen LogP contribution is 2.21. The van der Waals surface area contributed by atoms with E-state index in [1.165, 1.54) is 23.2 Å². The minimum atomic E-state index is -0.472. The van der Waals surface area contributed by atoms with E-state index in [1.807, 2.05) is 31.2 Å². The van der Waals surface area contributed by atoms with Crippen LogP contribution >= 0.6 is 0 Å². The second-order valence-corrected chi connectivity index (χ2v) is 6.34. The van der Waals surface area contributed by atoms with Crippen molar-refractivity contribution in [2.75, 3.05) is 20.2 Å². The molecule has 0 radical (unpaired) electrons. The number of benzene rings is 2. The largest absolute Gasteiger partial charge is 0.492 e. The monoisotopic (exact) mass is 380 g/mol. The van der Waals surface area contributed by atoms with Crippen molar-refractivity contribution in [2.24, 2.45) is 0 Å². The number of H-pyrrole nitrogens is 1. The van der Waals surface area contributed by atoms with Crippen LogP contribution in [-0.2, 0) is 0 Å². The lowest BCUT2D eigenvalue weighted by atomic mass is 10.2. The van der Waals surface area contributed by atoms with E-state index in [-0.39, 0.29) is 11.6 Å². The molecular formula is C20H20N4O4. The van der Waals surface area contributed by atoms with Crippen molar-refractivity contribution in [3.63, 3.8) is 0 Å². The van der Waals surface area contributed by atoms with Crippen molar-refractivity contribution in [1.82, 2.24) is 14.9 Å². The van der Waals surface area contributed by atoms with E-state index in [1.54, 1.807) is 19.2 Å². The number of likely N-dealkylation sites (N-methyl/N-ethyl adjacent to an activating group) is 1. The third-order valence-electron chi connectivity index (χ3n) is 4.20. The quantitative estimate of drug-likeness (QED) is 0.500. The van der Waals surface area contributed by atoms with Gasteiger partial charge < -0.3 is 14.6 Å². The molecule has 0 unspecified atom stereocenters. The number of hydrogen-bond acceptors (Lipinski definition) is 5. The average molecular weight is 380 g/mol. The van der Waals surface area contributed by atoms with Gasteiger partial charge in [-0.1, -0.05) is 29.8 Å². The van der Waals surface area contributed by atoms with E-state index in [4.69, 9.17) is 4.74 Å². The van der Waals surface area contributed by atoms with E-state index < -0.39 is 4.92 Å². The van der Waals surface area contributed by atoms with E-state index in [9.17, 15) is 14.9 Å². The Morgan fingerprint density at radius 2 is 2.00 bits per heavy atom. The summed E-state index contributed by atoms with van der Waals surface area (Å²) in [6.07, 6.45) is 1.42. The molecule has 0 saturated carbocycles. The number of nitro benzene ring substituents is 1. The number of aryl methyl sites for hydroxylation is 1. The Morgan fingerprint density at radius 3 is 2.71 bits per heavy atom. The normalized spacial score (nSPS) is 10.5. The van der Waals surface area contributed by atoms with Crippen LogP contribution in [0.1, 0.15) is 16.1 Å². The summed E-state index contributed by atoms with van der Waals surface area (Å²) in [7, 11) is 1.68. The standard InChI is InChI=1S/C20H20N4O4/c1-14-6-8-17(9-7-14)28-11-10-23(2)20(25)18-13-21-19(22-18)15-4-3-5-16(12-15)24(26)27/h3-9,12-13H,10-11H2,1-2H3,(H,21,22). The number of hydrogen-bond donors (Lipinski definition) is 1. The molecule has 0 spiro atoms. The molecule has 1 N–H and O–H groups in total. The van der Waals surface area contributed by atoms with Gasteiger partial charge in [0.05, 0.1) is 17.7 Å². The molecule has 0 aliphatic heterocycles. The average Bonchev–Trinajstić information content (AvgIpc) is 3.19. The van der Waals surface area contributed by atoms with Gasteiger partial charge in [-0.3, -0.25) is 14.9 Å². The fourth-order valence-corrected chi connectivity index (χ4v) is 2.59. The topological polar surface area (TPSA) is 101 Å². The molecule has 0 aliphatic rings. The molecule has 0 atom stereocenters. The Balaban J connectivity index is 1.60. The molecular weight excluding hydrogens is 360 g/mol. The summed E-state index contributed by atoms with van der Waals surface area (Å²) in [5.74, 6) is 0.911. The van der Waals surface area contributed by atoms with E-state index >= 15 is 0 Å². The second kappa shape index (κ2) is 8.34. The Bertz CT molecular complexity index is 982. The van der Waals surface area contributed by atoms with Crippen molar-refractivity contribution in [2.45, 2.75) is 6.92 Å². The summed E-state index contributed by atoms with van der Waals surface area (Å²) in [5, 5.41) is 10.9. The van der Waals surface area contributed by atoms with Gasteiger partial charge in [0, 0.05) is 24.7 Å². The highest BCUT2D eigenvalue weighted by molar-refractivity contribution is 5.92. The van der Waals surface area contributed by atoms with Gasteiger partial charge in [-0.25, -0.2) is 4.98 Å². The predicted molar refractivity (Wildman–Crippen MR) is 104 cm³/mol. The van der Waals surface area contributed by atoms with Gasteiger partial charge in [0.25, 0.3) is 11.6 Å². The summed E-state index contributed by atoms with van der Waals surface area (Å²) >= 11 is 0. The molecule has 1 aromatic heterocycles. The van der Waals surface area contributed by atoms with Crippen LogP contribution in [0.3, 0.4) is 0 Å².